The maximum absolute atomic E-state index is 13.5. The van der Waals surface area contributed by atoms with Gasteiger partial charge in [0.05, 0.1) is 6.04 Å². The van der Waals surface area contributed by atoms with Crippen molar-refractivity contribution in [2.75, 3.05) is 13.1 Å². The summed E-state index contributed by atoms with van der Waals surface area (Å²) in [5, 5.41) is 12.0. The third-order valence-corrected chi connectivity index (χ3v) is 3.96. The van der Waals surface area contributed by atoms with E-state index in [1.54, 1.807) is 0 Å². The Kier molecular flexibility index (Phi) is 5.08. The molecule has 1 fully saturated rings. The van der Waals surface area contributed by atoms with Crippen LogP contribution in [0.15, 0.2) is 12.1 Å². The first kappa shape index (κ1) is 16.8. The summed E-state index contributed by atoms with van der Waals surface area (Å²) in [4.78, 5) is 13.6. The molecule has 3 atom stereocenters. The monoisotopic (exact) mass is 316 g/mol. The molecule has 1 aliphatic rings. The van der Waals surface area contributed by atoms with Crippen molar-refractivity contribution >= 4 is 5.91 Å². The predicted octanol–water partition coefficient (Wildman–Crippen LogP) is 1.74. The Morgan fingerprint density at radius 3 is 2.50 bits per heavy atom. The molecule has 1 heterocycles. The number of carbonyl (C=O) groups excluding carboxylic acids is 1. The van der Waals surface area contributed by atoms with Gasteiger partial charge in [-0.2, -0.15) is 0 Å². The summed E-state index contributed by atoms with van der Waals surface area (Å²) in [5.74, 6) is -4.55. The number of likely N-dealkylation sites (tertiary alicyclic amines) is 1. The molecular weight excluding hydrogens is 297 g/mol. The topological polar surface area (TPSA) is 52.6 Å². The number of hydrogen-bond acceptors (Lipinski definition) is 3. The van der Waals surface area contributed by atoms with Crippen LogP contribution >= 0.6 is 0 Å². The fraction of sp³-hybridized carbons (Fsp3) is 0.533. The van der Waals surface area contributed by atoms with Crippen molar-refractivity contribution in [3.63, 3.8) is 0 Å². The third-order valence-electron chi connectivity index (χ3n) is 3.96. The van der Waals surface area contributed by atoms with E-state index in [1.807, 2.05) is 11.8 Å². The van der Waals surface area contributed by atoms with Gasteiger partial charge in [-0.1, -0.05) is 6.92 Å². The molecule has 1 amide bonds. The summed E-state index contributed by atoms with van der Waals surface area (Å²) in [6.45, 7) is 4.48. The normalized spacial score (nSPS) is 23.5. The average molecular weight is 316 g/mol. The van der Waals surface area contributed by atoms with Crippen LogP contribution in [0.2, 0.25) is 0 Å². The lowest BCUT2D eigenvalue weighted by Crippen LogP contribution is -2.43. The van der Waals surface area contributed by atoms with Crippen LogP contribution in [0.25, 0.3) is 0 Å². The summed E-state index contributed by atoms with van der Waals surface area (Å²) >= 11 is 0. The molecule has 4 nitrogen and oxygen atoms in total. The molecule has 1 saturated heterocycles. The fourth-order valence-electron chi connectivity index (χ4n) is 2.85. The highest BCUT2D eigenvalue weighted by atomic mass is 19.2. The van der Waals surface area contributed by atoms with Crippen molar-refractivity contribution in [3.8, 4) is 0 Å². The van der Waals surface area contributed by atoms with Gasteiger partial charge in [0.2, 0.25) is 5.91 Å². The molecule has 22 heavy (non-hydrogen) atoms. The maximum Gasteiger partial charge on any atom is 0.248 e. The van der Waals surface area contributed by atoms with Crippen LogP contribution in [-0.4, -0.2) is 41.1 Å². The van der Waals surface area contributed by atoms with E-state index in [2.05, 4.69) is 5.32 Å². The summed E-state index contributed by atoms with van der Waals surface area (Å²) in [6, 6.07) is 1.06. The zero-order valence-corrected chi connectivity index (χ0v) is 12.4. The number of benzene rings is 1. The Morgan fingerprint density at radius 1 is 1.41 bits per heavy atom. The van der Waals surface area contributed by atoms with Crippen molar-refractivity contribution in [1.29, 1.82) is 0 Å². The van der Waals surface area contributed by atoms with Crippen LogP contribution in [0.5, 0.6) is 0 Å². The van der Waals surface area contributed by atoms with E-state index in [0.29, 0.717) is 19.5 Å². The molecule has 2 N–H and O–H groups in total. The van der Waals surface area contributed by atoms with E-state index >= 15 is 0 Å². The minimum absolute atomic E-state index is 0.270. The minimum Gasteiger partial charge on any atom is -0.384 e. The lowest BCUT2D eigenvalue weighted by atomic mass is 9.99. The van der Waals surface area contributed by atoms with Crippen molar-refractivity contribution in [2.24, 2.45) is 0 Å². The van der Waals surface area contributed by atoms with Gasteiger partial charge in [0.1, 0.15) is 6.10 Å². The van der Waals surface area contributed by atoms with Gasteiger partial charge in [-0.25, -0.2) is 13.2 Å². The van der Waals surface area contributed by atoms with Crippen LogP contribution in [0.1, 0.15) is 31.9 Å². The summed E-state index contributed by atoms with van der Waals surface area (Å²) in [6.07, 6.45) is -0.588. The average Bonchev–Trinajstić information content (AvgIpc) is 2.86. The lowest BCUT2D eigenvalue weighted by molar-refractivity contribution is -0.129. The van der Waals surface area contributed by atoms with Crippen molar-refractivity contribution < 1.29 is 23.1 Å². The van der Waals surface area contributed by atoms with E-state index in [4.69, 9.17) is 0 Å². The van der Waals surface area contributed by atoms with Gasteiger partial charge in [0.25, 0.3) is 0 Å². The molecule has 1 aromatic rings. The number of aliphatic hydroxyl groups is 1. The van der Waals surface area contributed by atoms with Crippen molar-refractivity contribution in [2.45, 2.75) is 38.5 Å². The number of nitrogens with one attached hydrogen (secondary N) is 1. The number of aliphatic hydroxyl groups excluding tert-OH is 1. The zero-order valence-electron chi connectivity index (χ0n) is 12.4. The second-order valence-corrected chi connectivity index (χ2v) is 5.45. The number of nitrogens with zero attached hydrogens (tertiary/aromatic N) is 1. The highest BCUT2D eigenvalue weighted by Crippen LogP contribution is 2.33. The van der Waals surface area contributed by atoms with Crippen LogP contribution in [0.4, 0.5) is 13.2 Å². The van der Waals surface area contributed by atoms with E-state index in [-0.39, 0.29) is 5.56 Å². The Morgan fingerprint density at radius 2 is 2.00 bits per heavy atom. The van der Waals surface area contributed by atoms with E-state index in [1.165, 1.54) is 6.92 Å². The molecule has 0 spiro atoms. The molecule has 7 heteroatoms. The van der Waals surface area contributed by atoms with Crippen LogP contribution < -0.4 is 5.32 Å². The molecule has 1 aliphatic heterocycles. The van der Waals surface area contributed by atoms with Crippen LogP contribution in [-0.2, 0) is 4.79 Å². The van der Waals surface area contributed by atoms with E-state index in [0.717, 1.165) is 12.1 Å². The van der Waals surface area contributed by atoms with Crippen LogP contribution in [0.3, 0.4) is 0 Å². The van der Waals surface area contributed by atoms with Gasteiger partial charge >= 0.3 is 0 Å². The Balaban J connectivity index is 2.32. The predicted molar refractivity (Wildman–Crippen MR) is 74.5 cm³/mol. The summed E-state index contributed by atoms with van der Waals surface area (Å²) < 4.78 is 40.1. The van der Waals surface area contributed by atoms with Crippen molar-refractivity contribution in [3.05, 3.63) is 35.1 Å². The van der Waals surface area contributed by atoms with Gasteiger partial charge in [0.15, 0.2) is 17.5 Å². The van der Waals surface area contributed by atoms with Crippen molar-refractivity contribution in [1.82, 2.24) is 10.2 Å². The minimum atomic E-state index is -1.51. The molecule has 122 valence electrons. The molecule has 0 aromatic heterocycles. The molecule has 0 bridgehead atoms. The van der Waals surface area contributed by atoms with E-state index in [9.17, 15) is 23.1 Å². The quantitative estimate of drug-likeness (QED) is 0.832. The third kappa shape index (κ3) is 3.25. The molecule has 0 unspecified atom stereocenters. The zero-order chi connectivity index (χ0) is 16.4. The fourth-order valence-corrected chi connectivity index (χ4v) is 2.85. The highest BCUT2D eigenvalue weighted by molar-refractivity contribution is 5.80. The summed E-state index contributed by atoms with van der Waals surface area (Å²) in [7, 11) is 0. The Hall–Kier alpha value is -1.60. The number of rotatable bonds is 4. The van der Waals surface area contributed by atoms with Gasteiger partial charge in [-0.3, -0.25) is 9.69 Å². The molecule has 0 saturated carbocycles. The first-order valence-corrected chi connectivity index (χ1v) is 7.22. The van der Waals surface area contributed by atoms with Gasteiger partial charge in [-0.15, -0.1) is 0 Å². The standard InChI is InChI=1S/C15H19F3N2O2/c1-3-20-5-4-12(19-15(22)8(2)21)14(20)9-6-10(16)13(18)11(17)7-9/h6-8,12,14,21H,3-5H2,1-2H3,(H,19,22)/t8-,12-,14-/m0/s1. The number of amides is 1. The smallest absolute Gasteiger partial charge is 0.248 e. The van der Waals surface area contributed by atoms with Gasteiger partial charge < -0.3 is 10.4 Å². The largest absolute Gasteiger partial charge is 0.384 e. The summed E-state index contributed by atoms with van der Waals surface area (Å²) in [5.41, 5.74) is 0.270. The number of hydrogen-bond donors (Lipinski definition) is 2. The van der Waals surface area contributed by atoms with Gasteiger partial charge in [-0.05, 0) is 37.6 Å². The molecule has 1 aromatic carbocycles. The SMILES string of the molecule is CCN1CC[C@H](NC(=O)[C@H](C)O)[C@@H]1c1cc(F)c(F)c(F)c1. The van der Waals surface area contributed by atoms with Crippen LogP contribution in [0, 0.1) is 17.5 Å². The lowest BCUT2D eigenvalue weighted by Gasteiger charge is -2.28. The maximum atomic E-state index is 13.5. The molecule has 0 radical (unpaired) electrons. The molecule has 2 rings (SSSR count). The molecule has 0 aliphatic carbocycles. The van der Waals surface area contributed by atoms with Gasteiger partial charge in [0, 0.05) is 12.6 Å². The molecular formula is C15H19F3N2O2. The first-order chi connectivity index (χ1) is 10.3. The number of halogens is 3. The number of likely N-dealkylation sites (N-methyl/N-ethyl adjacent to an activating group) is 1. The number of carbonyl (C=O) groups is 1. The van der Waals surface area contributed by atoms with E-state index < -0.39 is 41.5 Å². The highest BCUT2D eigenvalue weighted by Gasteiger charge is 2.36. The second kappa shape index (κ2) is 6.66. The second-order valence-electron chi connectivity index (χ2n) is 5.45. The first-order valence-electron chi connectivity index (χ1n) is 7.22. The Bertz CT molecular complexity index is 543. The Labute approximate surface area is 126 Å².